The smallest absolute Gasteiger partial charge is 0.268 e. The lowest BCUT2D eigenvalue weighted by atomic mass is 10.0. The summed E-state index contributed by atoms with van der Waals surface area (Å²) < 4.78 is 21.1. The van der Waals surface area contributed by atoms with Crippen molar-refractivity contribution in [2.24, 2.45) is 0 Å². The first-order valence-electron chi connectivity index (χ1n) is 12.5. The highest BCUT2D eigenvalue weighted by Crippen LogP contribution is 2.27. The Hall–Kier alpha value is -3.97. The van der Waals surface area contributed by atoms with Crippen LogP contribution in [0.1, 0.15) is 51.7 Å². The summed E-state index contributed by atoms with van der Waals surface area (Å²) in [5, 5.41) is 6.76. The molecular formula is C30H30FN3O3. The summed E-state index contributed by atoms with van der Waals surface area (Å²) in [6.07, 6.45) is 1.91. The van der Waals surface area contributed by atoms with Crippen molar-refractivity contribution in [3.05, 3.63) is 101 Å². The first kappa shape index (κ1) is 24.7. The minimum atomic E-state index is -0.396. The lowest BCUT2D eigenvalue weighted by Gasteiger charge is -2.23. The van der Waals surface area contributed by atoms with Crippen molar-refractivity contribution in [1.82, 2.24) is 9.88 Å². The molecule has 1 aliphatic heterocycles. The van der Waals surface area contributed by atoms with Crippen molar-refractivity contribution >= 4 is 28.4 Å². The molecule has 0 unspecified atom stereocenters. The molecule has 4 aromatic rings. The molecule has 1 aromatic heterocycles. The Bertz CT molecular complexity index is 1450. The number of aromatic nitrogens is 1. The second-order valence-electron chi connectivity index (χ2n) is 9.92. The van der Waals surface area contributed by atoms with E-state index in [0.717, 1.165) is 34.9 Å². The number of hydrogen-bond donors (Lipinski definition) is 2. The summed E-state index contributed by atoms with van der Waals surface area (Å²) >= 11 is 0. The fourth-order valence-corrected chi connectivity index (χ4v) is 4.84. The van der Waals surface area contributed by atoms with E-state index in [0.29, 0.717) is 36.6 Å². The predicted octanol–water partition coefficient (Wildman–Crippen LogP) is 5.69. The normalized spacial score (nSPS) is 17.2. The summed E-state index contributed by atoms with van der Waals surface area (Å²) in [5.74, 6) is -0.897. The molecule has 7 heteroatoms. The van der Waals surface area contributed by atoms with Crippen LogP contribution in [0, 0.1) is 12.7 Å². The molecule has 37 heavy (non-hydrogen) atoms. The Kier molecular flexibility index (Phi) is 6.80. The quantitative estimate of drug-likeness (QED) is 0.343. The largest absolute Gasteiger partial charge is 0.373 e. The average Bonchev–Trinajstić information content (AvgIpc) is 3.47. The molecule has 1 fully saturated rings. The van der Waals surface area contributed by atoms with Gasteiger partial charge in [0.25, 0.3) is 11.8 Å². The number of fused-ring (bicyclic) bond motifs is 1. The number of aryl methyl sites for hydroxylation is 1. The van der Waals surface area contributed by atoms with E-state index in [1.807, 2.05) is 60.9 Å². The van der Waals surface area contributed by atoms with Crippen molar-refractivity contribution in [2.75, 3.05) is 18.5 Å². The van der Waals surface area contributed by atoms with Crippen LogP contribution < -0.4 is 10.6 Å². The molecule has 0 bridgehead atoms. The summed E-state index contributed by atoms with van der Waals surface area (Å²) in [5.41, 5.74) is 4.27. The second-order valence-corrected chi connectivity index (χ2v) is 9.92. The molecule has 1 saturated heterocycles. The molecule has 190 valence electrons. The van der Waals surface area contributed by atoms with Crippen LogP contribution in [0.3, 0.4) is 0 Å². The zero-order chi connectivity index (χ0) is 26.0. The van der Waals surface area contributed by atoms with Gasteiger partial charge in [0, 0.05) is 41.9 Å². The maximum Gasteiger partial charge on any atom is 0.268 e. The monoisotopic (exact) mass is 499 g/mol. The highest BCUT2D eigenvalue weighted by atomic mass is 19.1. The van der Waals surface area contributed by atoms with E-state index in [9.17, 15) is 14.0 Å². The van der Waals surface area contributed by atoms with Crippen LogP contribution in [0.5, 0.6) is 0 Å². The van der Waals surface area contributed by atoms with E-state index in [4.69, 9.17) is 4.74 Å². The van der Waals surface area contributed by atoms with Crippen molar-refractivity contribution < 1.29 is 18.7 Å². The van der Waals surface area contributed by atoms with E-state index in [1.54, 1.807) is 0 Å². The van der Waals surface area contributed by atoms with E-state index < -0.39 is 5.82 Å². The SMILES string of the molecule is Cc1cccc(Cn2c(C(=O)NC[C@@]3(C)CCCO3)cc3cc(NC(=O)c4ccc(F)cc4)ccc32)c1. The summed E-state index contributed by atoms with van der Waals surface area (Å²) in [4.78, 5) is 26.0. The van der Waals surface area contributed by atoms with Crippen LogP contribution in [0.15, 0.2) is 72.8 Å². The third-order valence-corrected chi connectivity index (χ3v) is 6.84. The van der Waals surface area contributed by atoms with Crippen LogP contribution in [-0.2, 0) is 11.3 Å². The number of nitrogens with one attached hydrogen (secondary N) is 2. The molecule has 0 spiro atoms. The molecular weight excluding hydrogens is 469 g/mol. The molecule has 6 nitrogen and oxygen atoms in total. The fourth-order valence-electron chi connectivity index (χ4n) is 4.84. The van der Waals surface area contributed by atoms with E-state index >= 15 is 0 Å². The number of hydrogen-bond acceptors (Lipinski definition) is 3. The summed E-state index contributed by atoms with van der Waals surface area (Å²) in [6, 6.07) is 21.0. The number of rotatable bonds is 7. The van der Waals surface area contributed by atoms with Crippen LogP contribution in [-0.4, -0.2) is 35.1 Å². The van der Waals surface area contributed by atoms with Gasteiger partial charge in [0.05, 0.1) is 5.60 Å². The van der Waals surface area contributed by atoms with Gasteiger partial charge in [-0.1, -0.05) is 29.8 Å². The molecule has 1 aliphatic rings. The third-order valence-electron chi connectivity index (χ3n) is 6.84. The van der Waals surface area contributed by atoms with Crippen molar-refractivity contribution in [3.63, 3.8) is 0 Å². The van der Waals surface area contributed by atoms with Gasteiger partial charge in [-0.3, -0.25) is 9.59 Å². The number of nitrogens with zero attached hydrogens (tertiary/aromatic N) is 1. The Morgan fingerprint density at radius 3 is 2.57 bits per heavy atom. The topological polar surface area (TPSA) is 72.4 Å². The number of anilines is 1. The Morgan fingerprint density at radius 2 is 1.84 bits per heavy atom. The third kappa shape index (κ3) is 5.57. The fraction of sp³-hybridized carbons (Fsp3) is 0.267. The summed E-state index contributed by atoms with van der Waals surface area (Å²) in [6.45, 7) is 5.76. The van der Waals surface area contributed by atoms with E-state index in [1.165, 1.54) is 24.3 Å². The molecule has 5 rings (SSSR count). The minimum absolute atomic E-state index is 0.169. The Balaban J connectivity index is 1.45. The second kappa shape index (κ2) is 10.2. The maximum absolute atomic E-state index is 13.4. The molecule has 3 aromatic carbocycles. The number of carbonyl (C=O) groups excluding carboxylic acids is 2. The van der Waals surface area contributed by atoms with Gasteiger partial charge in [-0.15, -0.1) is 0 Å². The van der Waals surface area contributed by atoms with Crippen LogP contribution in [0.25, 0.3) is 10.9 Å². The van der Waals surface area contributed by atoms with Gasteiger partial charge < -0.3 is 19.9 Å². The van der Waals surface area contributed by atoms with Gasteiger partial charge in [-0.2, -0.15) is 0 Å². The van der Waals surface area contributed by atoms with Crippen molar-refractivity contribution in [3.8, 4) is 0 Å². The zero-order valence-corrected chi connectivity index (χ0v) is 21.0. The molecule has 2 amide bonds. The number of halogens is 1. The van der Waals surface area contributed by atoms with Gasteiger partial charge in [0.1, 0.15) is 11.5 Å². The Labute approximate surface area is 215 Å². The lowest BCUT2D eigenvalue weighted by molar-refractivity contribution is 0.0205. The Morgan fingerprint density at radius 1 is 1.03 bits per heavy atom. The van der Waals surface area contributed by atoms with Crippen LogP contribution in [0.4, 0.5) is 10.1 Å². The van der Waals surface area contributed by atoms with E-state index in [2.05, 4.69) is 16.7 Å². The van der Waals surface area contributed by atoms with Gasteiger partial charge in [-0.25, -0.2) is 4.39 Å². The molecule has 2 heterocycles. The first-order valence-corrected chi connectivity index (χ1v) is 12.5. The minimum Gasteiger partial charge on any atom is -0.373 e. The highest BCUT2D eigenvalue weighted by molar-refractivity contribution is 6.06. The molecule has 0 aliphatic carbocycles. The van der Waals surface area contributed by atoms with Gasteiger partial charge >= 0.3 is 0 Å². The number of benzene rings is 3. The molecule has 2 N–H and O–H groups in total. The zero-order valence-electron chi connectivity index (χ0n) is 21.0. The van der Waals surface area contributed by atoms with Gasteiger partial charge in [0.15, 0.2) is 0 Å². The van der Waals surface area contributed by atoms with Crippen molar-refractivity contribution in [2.45, 2.75) is 38.8 Å². The standard InChI is InChI=1S/C30H30FN3O3/c1-20-5-3-6-21(15-20)18-34-26-12-11-25(33-28(35)22-7-9-24(31)10-8-22)16-23(26)17-27(34)29(36)32-19-30(2)13-4-14-37-30/h3,5-12,15-17H,4,13-14,18-19H2,1-2H3,(H,32,36)(H,33,35)/t30-/m1/s1. The molecule has 1 atom stereocenters. The first-order chi connectivity index (χ1) is 17.8. The maximum atomic E-state index is 13.4. The molecule has 0 radical (unpaired) electrons. The van der Waals surface area contributed by atoms with Gasteiger partial charge in [0.2, 0.25) is 0 Å². The highest BCUT2D eigenvalue weighted by Gasteiger charge is 2.30. The van der Waals surface area contributed by atoms with Crippen LogP contribution in [0.2, 0.25) is 0 Å². The van der Waals surface area contributed by atoms with Gasteiger partial charge in [-0.05, 0) is 80.8 Å². The summed E-state index contributed by atoms with van der Waals surface area (Å²) in [7, 11) is 0. The lowest BCUT2D eigenvalue weighted by Crippen LogP contribution is -2.40. The predicted molar refractivity (Wildman–Crippen MR) is 142 cm³/mol. The van der Waals surface area contributed by atoms with Crippen molar-refractivity contribution in [1.29, 1.82) is 0 Å². The number of amides is 2. The number of ether oxygens (including phenoxy) is 1. The average molecular weight is 500 g/mol. The van der Waals surface area contributed by atoms with E-state index in [-0.39, 0.29) is 17.4 Å². The molecule has 0 saturated carbocycles. The number of carbonyl (C=O) groups is 2. The van der Waals surface area contributed by atoms with Crippen LogP contribution >= 0.6 is 0 Å².